The number of benzene rings is 2. The van der Waals surface area contributed by atoms with Crippen molar-refractivity contribution in [1.82, 2.24) is 4.98 Å². The molecular formula is C23H21FN2O3. The number of anilines is 2. The van der Waals surface area contributed by atoms with Crippen LogP contribution >= 0.6 is 0 Å². The van der Waals surface area contributed by atoms with E-state index in [2.05, 4.69) is 4.98 Å². The zero-order chi connectivity index (χ0) is 20.5. The van der Waals surface area contributed by atoms with Gasteiger partial charge in [0.15, 0.2) is 5.82 Å². The lowest BCUT2D eigenvalue weighted by molar-refractivity contribution is 0.0696. The fourth-order valence-electron chi connectivity index (χ4n) is 3.56. The number of carbonyl (C=O) groups is 1. The normalized spacial score (nSPS) is 13.2. The molecule has 0 radical (unpaired) electrons. The van der Waals surface area contributed by atoms with E-state index in [4.69, 9.17) is 4.74 Å². The Hall–Kier alpha value is -3.41. The van der Waals surface area contributed by atoms with E-state index in [0.717, 1.165) is 35.1 Å². The second-order valence-corrected chi connectivity index (χ2v) is 7.16. The minimum absolute atomic E-state index is 0.110. The van der Waals surface area contributed by atoms with Gasteiger partial charge in [0.1, 0.15) is 17.0 Å². The van der Waals surface area contributed by atoms with Crippen LogP contribution in [-0.2, 0) is 0 Å². The Morgan fingerprint density at radius 1 is 1.21 bits per heavy atom. The van der Waals surface area contributed by atoms with Gasteiger partial charge in [-0.05, 0) is 54.5 Å². The second kappa shape index (κ2) is 7.54. The summed E-state index contributed by atoms with van der Waals surface area (Å²) in [6.07, 6.45) is 3.57. The summed E-state index contributed by atoms with van der Waals surface area (Å²) in [5.41, 5.74) is 3.43. The van der Waals surface area contributed by atoms with Crippen LogP contribution in [0.1, 0.15) is 40.2 Å². The first-order chi connectivity index (χ1) is 14.0. The molecule has 1 aliphatic rings. The van der Waals surface area contributed by atoms with Gasteiger partial charge in [0.05, 0.1) is 7.11 Å². The number of carboxylic acids is 1. The predicted molar refractivity (Wildman–Crippen MR) is 110 cm³/mol. The molecule has 1 heterocycles. The van der Waals surface area contributed by atoms with Gasteiger partial charge in [-0.15, -0.1) is 0 Å². The number of aromatic carboxylic acids is 1. The van der Waals surface area contributed by atoms with E-state index in [1.165, 1.54) is 13.2 Å². The molecule has 1 N–H and O–H groups in total. The monoisotopic (exact) mass is 392 g/mol. The van der Waals surface area contributed by atoms with E-state index < -0.39 is 5.97 Å². The van der Waals surface area contributed by atoms with Gasteiger partial charge in [-0.25, -0.2) is 9.78 Å². The highest BCUT2D eigenvalue weighted by Crippen LogP contribution is 2.43. The lowest BCUT2D eigenvalue weighted by Gasteiger charge is -2.21. The quantitative estimate of drug-likeness (QED) is 0.548. The van der Waals surface area contributed by atoms with Crippen LogP contribution in [0.4, 0.5) is 16.0 Å². The lowest BCUT2D eigenvalue weighted by atomic mass is 9.99. The molecule has 1 fully saturated rings. The summed E-state index contributed by atoms with van der Waals surface area (Å²) in [4.78, 5) is 15.9. The molecule has 148 valence electrons. The topological polar surface area (TPSA) is 62.7 Å². The largest absolute Gasteiger partial charge is 0.494 e. The van der Waals surface area contributed by atoms with Crippen molar-refractivity contribution in [1.29, 1.82) is 0 Å². The molecule has 6 heteroatoms. The summed E-state index contributed by atoms with van der Waals surface area (Å²) in [7, 11) is 1.47. The lowest BCUT2D eigenvalue weighted by Crippen LogP contribution is -2.14. The van der Waals surface area contributed by atoms with Crippen LogP contribution in [0, 0.1) is 6.92 Å². The zero-order valence-corrected chi connectivity index (χ0v) is 16.2. The average molecular weight is 392 g/mol. The Kier molecular flexibility index (Phi) is 4.92. The highest BCUT2D eigenvalue weighted by molar-refractivity contribution is 5.94. The van der Waals surface area contributed by atoms with Crippen LogP contribution in [0.25, 0.3) is 11.1 Å². The number of pyridine rings is 1. The van der Waals surface area contributed by atoms with Gasteiger partial charge < -0.3 is 9.84 Å². The fourth-order valence-corrected chi connectivity index (χ4v) is 3.56. The summed E-state index contributed by atoms with van der Waals surface area (Å²) >= 11 is 0. The number of hydrogen-bond acceptors (Lipinski definition) is 4. The van der Waals surface area contributed by atoms with Crippen LogP contribution in [0.3, 0.4) is 0 Å². The second-order valence-electron chi connectivity index (χ2n) is 7.16. The Morgan fingerprint density at radius 3 is 2.55 bits per heavy atom. The van der Waals surface area contributed by atoms with E-state index in [-0.39, 0.29) is 17.1 Å². The van der Waals surface area contributed by atoms with Crippen molar-refractivity contribution in [2.45, 2.75) is 25.7 Å². The smallest absolute Gasteiger partial charge is 0.339 e. The number of aromatic nitrogens is 1. The molecule has 4 rings (SSSR count). The molecule has 0 saturated heterocycles. The summed E-state index contributed by atoms with van der Waals surface area (Å²) < 4.78 is 20.9. The van der Waals surface area contributed by atoms with E-state index in [1.807, 2.05) is 37.3 Å². The van der Waals surface area contributed by atoms with Crippen LogP contribution in [0.5, 0.6) is 5.75 Å². The maximum Gasteiger partial charge on any atom is 0.339 e. The minimum atomic E-state index is -1.21. The zero-order valence-electron chi connectivity index (χ0n) is 16.2. The van der Waals surface area contributed by atoms with Crippen molar-refractivity contribution in [3.05, 3.63) is 71.4 Å². The first kappa shape index (κ1) is 18.9. The molecule has 0 bridgehead atoms. The van der Waals surface area contributed by atoms with Crippen LogP contribution in [0.15, 0.2) is 54.7 Å². The molecule has 1 aliphatic carbocycles. The molecule has 1 aromatic heterocycles. The molecule has 0 atom stereocenters. The summed E-state index contributed by atoms with van der Waals surface area (Å²) in [5.74, 6) is -0.816. The maximum atomic E-state index is 15.4. The van der Waals surface area contributed by atoms with Crippen molar-refractivity contribution in [2.75, 3.05) is 12.2 Å². The molecule has 29 heavy (non-hydrogen) atoms. The standard InChI is InChI=1S/C23H21FN2O3/c1-14-18(16-6-4-3-5-7-16)10-11-20(21(14)29-2)26(24)22-19(23(27)28)12-17(13-25-22)15-8-9-15/h3-7,10-13,15H,8-9H2,1-2H3,(H,27,28). The molecular weight excluding hydrogens is 371 g/mol. The molecule has 5 nitrogen and oxygen atoms in total. The summed E-state index contributed by atoms with van der Waals surface area (Å²) in [6.45, 7) is 1.85. The third-order valence-corrected chi connectivity index (χ3v) is 5.24. The number of methoxy groups -OCH3 is 1. The van der Waals surface area contributed by atoms with Crippen molar-refractivity contribution < 1.29 is 19.1 Å². The van der Waals surface area contributed by atoms with Crippen LogP contribution in [0.2, 0.25) is 0 Å². The van der Waals surface area contributed by atoms with Crippen molar-refractivity contribution in [2.24, 2.45) is 0 Å². The van der Waals surface area contributed by atoms with Gasteiger partial charge in [0.2, 0.25) is 0 Å². The first-order valence-electron chi connectivity index (χ1n) is 9.43. The number of nitrogens with zero attached hydrogens (tertiary/aromatic N) is 2. The van der Waals surface area contributed by atoms with Crippen molar-refractivity contribution >= 4 is 17.5 Å². The highest BCUT2D eigenvalue weighted by Gasteiger charge is 2.29. The Balaban J connectivity index is 1.78. The van der Waals surface area contributed by atoms with Gasteiger partial charge in [0.25, 0.3) is 0 Å². The highest BCUT2D eigenvalue weighted by atomic mass is 19.2. The van der Waals surface area contributed by atoms with Gasteiger partial charge in [-0.3, -0.25) is 0 Å². The van der Waals surface area contributed by atoms with Crippen molar-refractivity contribution in [3.63, 3.8) is 0 Å². The average Bonchev–Trinajstić information content (AvgIpc) is 3.58. The Morgan fingerprint density at radius 2 is 1.93 bits per heavy atom. The molecule has 0 aliphatic heterocycles. The van der Waals surface area contributed by atoms with Gasteiger partial charge in [-0.1, -0.05) is 40.9 Å². The Labute approximate surface area is 168 Å². The Bertz CT molecular complexity index is 1070. The van der Waals surface area contributed by atoms with Gasteiger partial charge >= 0.3 is 5.97 Å². The van der Waals surface area contributed by atoms with Crippen LogP contribution in [-0.4, -0.2) is 23.2 Å². The van der Waals surface area contributed by atoms with E-state index in [9.17, 15) is 9.90 Å². The van der Waals surface area contributed by atoms with Crippen LogP contribution < -0.4 is 9.86 Å². The van der Waals surface area contributed by atoms with E-state index in [0.29, 0.717) is 16.8 Å². The minimum Gasteiger partial charge on any atom is -0.494 e. The number of carboxylic acid groups (broad SMARTS) is 1. The molecule has 2 aromatic carbocycles. The third-order valence-electron chi connectivity index (χ3n) is 5.24. The van der Waals surface area contributed by atoms with Gasteiger partial charge in [0, 0.05) is 11.8 Å². The molecule has 3 aromatic rings. The first-order valence-corrected chi connectivity index (χ1v) is 9.43. The summed E-state index contributed by atoms with van der Waals surface area (Å²) in [6, 6.07) is 14.6. The maximum absolute atomic E-state index is 15.4. The number of halogens is 1. The fraction of sp³-hybridized carbons (Fsp3) is 0.217. The van der Waals surface area contributed by atoms with Crippen molar-refractivity contribution in [3.8, 4) is 16.9 Å². The molecule has 0 spiro atoms. The SMILES string of the molecule is COc1c(N(F)c2ncc(C3CC3)cc2C(=O)O)ccc(-c2ccccc2)c1C. The molecule has 0 amide bonds. The van der Waals surface area contributed by atoms with E-state index >= 15 is 4.48 Å². The van der Waals surface area contributed by atoms with Gasteiger partial charge in [-0.2, -0.15) is 5.12 Å². The predicted octanol–water partition coefficient (Wildman–Crippen LogP) is 5.66. The number of ether oxygens (including phenoxy) is 1. The summed E-state index contributed by atoms with van der Waals surface area (Å²) in [5, 5.41) is 9.89. The molecule has 1 saturated carbocycles. The number of hydrogen-bond donors (Lipinski definition) is 1. The molecule has 0 unspecified atom stereocenters. The third kappa shape index (κ3) is 3.53. The van der Waals surface area contributed by atoms with E-state index in [1.54, 1.807) is 18.3 Å². The number of rotatable bonds is 6.